The molecule has 2 rings (SSSR count). The summed E-state index contributed by atoms with van der Waals surface area (Å²) >= 11 is 3.31. The van der Waals surface area contributed by atoms with Gasteiger partial charge in [-0.3, -0.25) is 0 Å². The maximum absolute atomic E-state index is 8.69. The van der Waals surface area contributed by atoms with Crippen LogP contribution in [0.5, 0.6) is 5.75 Å². The Balaban J connectivity index is 1.96. The van der Waals surface area contributed by atoms with E-state index < -0.39 is 0 Å². The van der Waals surface area contributed by atoms with E-state index in [0.717, 1.165) is 20.4 Å². The Morgan fingerprint density at radius 3 is 2.90 bits per heavy atom. The van der Waals surface area contributed by atoms with Crippen LogP contribution in [0.1, 0.15) is 16.2 Å². The predicted molar refractivity (Wildman–Crippen MR) is 85.5 cm³/mol. The number of ether oxygens (including phenoxy) is 1. The van der Waals surface area contributed by atoms with Crippen LogP contribution in [0.25, 0.3) is 0 Å². The zero-order valence-electron chi connectivity index (χ0n) is 11.3. The summed E-state index contributed by atoms with van der Waals surface area (Å²) in [6, 6.07) is 12.1. The molecule has 0 spiro atoms. The molecule has 0 amide bonds. The molecule has 0 atom stereocenters. The number of thioether (sulfide) groups is 1. The Morgan fingerprint density at radius 1 is 1.25 bits per heavy atom. The van der Waals surface area contributed by atoms with Crippen molar-refractivity contribution in [3.8, 4) is 17.6 Å². The molecule has 0 aliphatic rings. The van der Waals surface area contributed by atoms with E-state index in [4.69, 9.17) is 9.84 Å². The average Bonchev–Trinajstić information content (AvgIpc) is 2.93. The van der Waals surface area contributed by atoms with E-state index in [-0.39, 0.29) is 6.61 Å². The molecular weight excluding hydrogens is 288 g/mol. The van der Waals surface area contributed by atoms with E-state index in [1.54, 1.807) is 23.1 Å². The number of aliphatic hydroxyl groups excluding tert-OH is 1. The molecule has 1 aromatic heterocycles. The summed E-state index contributed by atoms with van der Waals surface area (Å²) in [6.07, 6.45) is 2.56. The van der Waals surface area contributed by atoms with Crippen molar-refractivity contribution in [2.75, 3.05) is 12.9 Å². The van der Waals surface area contributed by atoms with Crippen LogP contribution in [0.15, 0.2) is 41.3 Å². The average molecular weight is 304 g/mol. The number of thiophene rings is 1. The van der Waals surface area contributed by atoms with Gasteiger partial charge in [0.15, 0.2) is 0 Å². The normalized spacial score (nSPS) is 9.90. The van der Waals surface area contributed by atoms with Crippen molar-refractivity contribution < 1.29 is 9.84 Å². The topological polar surface area (TPSA) is 29.5 Å². The molecule has 0 radical (unpaired) electrons. The summed E-state index contributed by atoms with van der Waals surface area (Å²) in [5.74, 6) is 6.88. The van der Waals surface area contributed by atoms with E-state index in [1.807, 2.05) is 36.6 Å². The third-order valence-electron chi connectivity index (χ3n) is 2.55. The molecule has 2 aromatic rings. The highest BCUT2D eigenvalue weighted by Crippen LogP contribution is 2.28. The SMILES string of the molecule is CSc1ccccc1OCc1ccc(C#CCCO)s1. The molecule has 0 aliphatic carbocycles. The number of benzene rings is 1. The van der Waals surface area contributed by atoms with E-state index in [9.17, 15) is 0 Å². The van der Waals surface area contributed by atoms with Crippen molar-refractivity contribution in [3.63, 3.8) is 0 Å². The molecule has 0 unspecified atom stereocenters. The molecule has 0 bridgehead atoms. The summed E-state index contributed by atoms with van der Waals surface area (Å²) in [4.78, 5) is 3.30. The number of para-hydroxylation sites is 1. The van der Waals surface area contributed by atoms with E-state index >= 15 is 0 Å². The van der Waals surface area contributed by atoms with Gasteiger partial charge in [-0.2, -0.15) is 0 Å². The first-order valence-corrected chi connectivity index (χ1v) is 8.32. The Hall–Kier alpha value is -1.41. The first kappa shape index (κ1) is 15.0. The molecule has 20 heavy (non-hydrogen) atoms. The van der Waals surface area contributed by atoms with Crippen molar-refractivity contribution in [3.05, 3.63) is 46.2 Å². The van der Waals surface area contributed by atoms with Gasteiger partial charge in [0.25, 0.3) is 0 Å². The predicted octanol–water partition coefficient (Wildman–Crippen LogP) is 3.78. The van der Waals surface area contributed by atoms with Gasteiger partial charge < -0.3 is 9.84 Å². The lowest BCUT2D eigenvalue weighted by Gasteiger charge is -2.08. The second-order valence-corrected chi connectivity index (χ2v) is 6.00. The standard InChI is InChI=1S/C16H16O2S2/c1-19-16-8-3-2-7-15(16)18-12-14-10-9-13(20-14)6-4-5-11-17/h2-3,7-10,17H,5,11-12H2,1H3. The van der Waals surface area contributed by atoms with Crippen molar-refractivity contribution in [1.29, 1.82) is 0 Å². The van der Waals surface area contributed by atoms with E-state index in [2.05, 4.69) is 17.9 Å². The molecule has 2 nitrogen and oxygen atoms in total. The fourth-order valence-corrected chi connectivity index (χ4v) is 2.95. The third-order valence-corrected chi connectivity index (χ3v) is 4.30. The molecule has 0 aliphatic heterocycles. The van der Waals surface area contributed by atoms with E-state index in [0.29, 0.717) is 13.0 Å². The lowest BCUT2D eigenvalue weighted by atomic mass is 10.3. The van der Waals surface area contributed by atoms with Crippen LogP contribution in [-0.4, -0.2) is 18.0 Å². The first-order valence-electron chi connectivity index (χ1n) is 6.27. The first-order chi connectivity index (χ1) is 9.83. The minimum atomic E-state index is 0.111. The quantitative estimate of drug-likeness (QED) is 0.673. The Kier molecular flexibility index (Phi) is 6.00. The molecule has 1 aromatic carbocycles. The van der Waals surface area contributed by atoms with Gasteiger partial charge >= 0.3 is 0 Å². The maximum atomic E-state index is 8.69. The molecule has 1 heterocycles. The lowest BCUT2D eigenvalue weighted by Crippen LogP contribution is -1.93. The molecule has 0 fully saturated rings. The van der Waals surface area contributed by atoms with Gasteiger partial charge in [0.05, 0.1) is 11.5 Å². The van der Waals surface area contributed by atoms with Gasteiger partial charge in [0.1, 0.15) is 12.4 Å². The lowest BCUT2D eigenvalue weighted by molar-refractivity contribution is 0.302. The number of hydrogen-bond donors (Lipinski definition) is 1. The Bertz CT molecular complexity index is 608. The summed E-state index contributed by atoms with van der Waals surface area (Å²) < 4.78 is 5.85. The van der Waals surface area contributed by atoms with Crippen molar-refractivity contribution >= 4 is 23.1 Å². The smallest absolute Gasteiger partial charge is 0.133 e. The van der Waals surface area contributed by atoms with Crippen molar-refractivity contribution in [2.45, 2.75) is 17.9 Å². The van der Waals surface area contributed by atoms with Crippen molar-refractivity contribution in [1.82, 2.24) is 0 Å². The summed E-state index contributed by atoms with van der Waals surface area (Å²) in [5, 5.41) is 8.69. The largest absolute Gasteiger partial charge is 0.487 e. The van der Waals surface area contributed by atoms with Gasteiger partial charge in [0, 0.05) is 16.2 Å². The minimum absolute atomic E-state index is 0.111. The Morgan fingerprint density at radius 2 is 2.10 bits per heavy atom. The minimum Gasteiger partial charge on any atom is -0.487 e. The molecule has 0 saturated carbocycles. The van der Waals surface area contributed by atoms with Gasteiger partial charge in [-0.25, -0.2) is 0 Å². The van der Waals surface area contributed by atoms with Gasteiger partial charge in [-0.05, 0) is 30.5 Å². The maximum Gasteiger partial charge on any atom is 0.133 e. The van der Waals surface area contributed by atoms with Crippen LogP contribution in [0.4, 0.5) is 0 Å². The molecule has 1 N–H and O–H groups in total. The molecule has 104 valence electrons. The van der Waals surface area contributed by atoms with Crippen LogP contribution in [0.3, 0.4) is 0 Å². The zero-order valence-corrected chi connectivity index (χ0v) is 12.9. The Labute approximate surface area is 127 Å². The van der Waals surface area contributed by atoms with Gasteiger partial charge in [0.2, 0.25) is 0 Å². The zero-order chi connectivity index (χ0) is 14.2. The molecule has 0 saturated heterocycles. The highest BCUT2D eigenvalue weighted by molar-refractivity contribution is 7.98. The molecule has 4 heteroatoms. The number of hydrogen-bond acceptors (Lipinski definition) is 4. The monoisotopic (exact) mass is 304 g/mol. The summed E-state index contributed by atoms with van der Waals surface area (Å²) in [7, 11) is 0. The van der Waals surface area contributed by atoms with Gasteiger partial charge in [-0.15, -0.1) is 23.1 Å². The van der Waals surface area contributed by atoms with Gasteiger partial charge in [-0.1, -0.05) is 24.0 Å². The van der Waals surface area contributed by atoms with Crippen LogP contribution in [0.2, 0.25) is 0 Å². The van der Waals surface area contributed by atoms with Crippen LogP contribution in [-0.2, 0) is 6.61 Å². The van der Waals surface area contributed by atoms with Crippen LogP contribution < -0.4 is 4.74 Å². The fourth-order valence-electron chi connectivity index (χ4n) is 1.62. The number of rotatable bonds is 5. The highest BCUT2D eigenvalue weighted by atomic mass is 32.2. The van der Waals surface area contributed by atoms with E-state index in [1.165, 1.54) is 0 Å². The second-order valence-electron chi connectivity index (χ2n) is 3.98. The number of aliphatic hydroxyl groups is 1. The molecular formula is C16H16O2S2. The summed E-state index contributed by atoms with van der Waals surface area (Å²) in [5.41, 5.74) is 0. The van der Waals surface area contributed by atoms with Crippen molar-refractivity contribution in [2.24, 2.45) is 0 Å². The summed E-state index contributed by atoms with van der Waals surface area (Å²) in [6.45, 7) is 0.670. The van der Waals surface area contributed by atoms with Crippen LogP contribution in [0, 0.1) is 11.8 Å². The second kappa shape index (κ2) is 8.01. The van der Waals surface area contributed by atoms with Crippen LogP contribution >= 0.6 is 23.1 Å². The third kappa shape index (κ3) is 4.31. The fraction of sp³-hybridized carbons (Fsp3) is 0.250. The highest BCUT2D eigenvalue weighted by Gasteiger charge is 2.03.